The Bertz CT molecular complexity index is 3490. The van der Waals surface area contributed by atoms with Gasteiger partial charge in [0.2, 0.25) is 11.9 Å². The minimum absolute atomic E-state index is 0.493. The van der Waals surface area contributed by atoms with Crippen LogP contribution in [0.1, 0.15) is 0 Å². The average molecular weight is 756 g/mol. The van der Waals surface area contributed by atoms with E-state index < -0.39 is 0 Å². The molecule has 8 aromatic carbocycles. The topological polar surface area (TPSA) is 66.3 Å². The molecule has 4 heterocycles. The zero-order chi connectivity index (χ0) is 38.9. The Balaban J connectivity index is 1.07. The molecule has 0 radical (unpaired) electrons. The molecular weight excluding hydrogens is 723 g/mol. The lowest BCUT2D eigenvalue weighted by atomic mass is 10.0. The van der Waals surface area contributed by atoms with Gasteiger partial charge in [-0.25, -0.2) is 14.5 Å². The van der Waals surface area contributed by atoms with Gasteiger partial charge in [-0.1, -0.05) is 140 Å². The van der Waals surface area contributed by atoms with Crippen molar-refractivity contribution in [2.45, 2.75) is 0 Å². The van der Waals surface area contributed by atoms with Crippen molar-refractivity contribution < 1.29 is 0 Å². The van der Waals surface area contributed by atoms with E-state index in [2.05, 4.69) is 135 Å². The van der Waals surface area contributed by atoms with Crippen molar-refractivity contribution in [1.29, 1.82) is 0 Å². The summed E-state index contributed by atoms with van der Waals surface area (Å²) >= 11 is 0. The zero-order valence-electron chi connectivity index (χ0n) is 31.7. The lowest BCUT2D eigenvalue weighted by Gasteiger charge is -2.13. The van der Waals surface area contributed by atoms with Gasteiger partial charge in [0.25, 0.3) is 0 Å². The van der Waals surface area contributed by atoms with Gasteiger partial charge in [0.1, 0.15) is 0 Å². The molecule has 0 unspecified atom stereocenters. The smallest absolute Gasteiger partial charge is 0.241 e. The molecule has 0 fully saturated rings. The summed E-state index contributed by atoms with van der Waals surface area (Å²) < 4.78 is 6.68. The van der Waals surface area contributed by atoms with Gasteiger partial charge in [-0.3, -0.25) is 4.57 Å². The van der Waals surface area contributed by atoms with Crippen LogP contribution in [-0.2, 0) is 0 Å². The summed E-state index contributed by atoms with van der Waals surface area (Å²) in [6.45, 7) is 0. The summed E-state index contributed by atoms with van der Waals surface area (Å²) in [5.41, 5.74) is 11.5. The Morgan fingerprint density at radius 3 is 1.34 bits per heavy atom. The molecule has 0 N–H and O–H groups in total. The Morgan fingerprint density at radius 2 is 0.746 bits per heavy atom. The van der Waals surface area contributed by atoms with E-state index in [-0.39, 0.29) is 0 Å². The highest BCUT2D eigenvalue weighted by atomic mass is 15.3. The predicted molar refractivity (Wildman–Crippen MR) is 239 cm³/mol. The number of hydrogen-bond donors (Lipinski definition) is 0. The monoisotopic (exact) mass is 755 g/mol. The summed E-state index contributed by atoms with van der Waals surface area (Å²) in [6, 6.07) is 69.8. The fourth-order valence-electron chi connectivity index (χ4n) is 8.63. The Kier molecular flexibility index (Phi) is 7.40. The van der Waals surface area contributed by atoms with E-state index in [1.165, 1.54) is 21.8 Å². The molecule has 0 bridgehead atoms. The molecule has 7 nitrogen and oxygen atoms in total. The number of benzene rings is 8. The van der Waals surface area contributed by atoms with E-state index in [0.717, 1.165) is 60.8 Å². The molecule has 0 saturated carbocycles. The second kappa shape index (κ2) is 13.2. The van der Waals surface area contributed by atoms with Crippen LogP contribution < -0.4 is 0 Å². The third-order valence-electron chi connectivity index (χ3n) is 11.3. The van der Waals surface area contributed by atoms with Crippen molar-refractivity contribution >= 4 is 54.6 Å². The van der Waals surface area contributed by atoms with E-state index in [1.54, 1.807) is 0 Å². The van der Waals surface area contributed by atoms with Gasteiger partial charge in [0.15, 0.2) is 11.6 Å². The maximum atomic E-state index is 5.33. The zero-order valence-corrected chi connectivity index (χ0v) is 31.7. The van der Waals surface area contributed by atoms with Crippen molar-refractivity contribution in [2.75, 3.05) is 0 Å². The average Bonchev–Trinajstić information content (AvgIpc) is 3.97. The summed E-state index contributed by atoms with van der Waals surface area (Å²) in [4.78, 5) is 20.6. The van der Waals surface area contributed by atoms with Crippen LogP contribution in [0.5, 0.6) is 0 Å². The van der Waals surface area contributed by atoms with Crippen molar-refractivity contribution in [2.24, 2.45) is 0 Å². The van der Waals surface area contributed by atoms with Gasteiger partial charge in [-0.2, -0.15) is 9.97 Å². The molecule has 59 heavy (non-hydrogen) atoms. The first kappa shape index (κ1) is 33.0. The molecule has 0 spiro atoms. The van der Waals surface area contributed by atoms with Crippen LogP contribution in [0.15, 0.2) is 200 Å². The molecule has 7 heteroatoms. The first-order valence-corrected chi connectivity index (χ1v) is 19.7. The molecule has 12 aromatic rings. The summed E-state index contributed by atoms with van der Waals surface area (Å²) in [5.74, 6) is 2.37. The molecule has 0 atom stereocenters. The molecule has 0 aliphatic heterocycles. The molecule has 0 aliphatic carbocycles. The van der Waals surface area contributed by atoms with Crippen LogP contribution in [-0.4, -0.2) is 33.6 Å². The van der Waals surface area contributed by atoms with E-state index >= 15 is 0 Å². The number of imidazole rings is 1. The Morgan fingerprint density at radius 1 is 0.288 bits per heavy atom. The van der Waals surface area contributed by atoms with E-state index in [9.17, 15) is 0 Å². The molecule has 0 aliphatic rings. The van der Waals surface area contributed by atoms with Crippen molar-refractivity contribution in [3.05, 3.63) is 200 Å². The first-order valence-electron chi connectivity index (χ1n) is 19.7. The van der Waals surface area contributed by atoms with Crippen molar-refractivity contribution in [3.8, 4) is 51.5 Å². The lowest BCUT2D eigenvalue weighted by molar-refractivity contribution is 0.876. The van der Waals surface area contributed by atoms with E-state index in [1.807, 2.05) is 78.9 Å². The molecule has 0 saturated heterocycles. The number of para-hydroxylation sites is 5. The highest BCUT2D eigenvalue weighted by Crippen LogP contribution is 2.39. The third-order valence-corrected chi connectivity index (χ3v) is 11.3. The lowest BCUT2D eigenvalue weighted by Crippen LogP contribution is -2.11. The SMILES string of the molecule is c1ccc(-c2nc(-c3ccccc3)nc(-n3c(-n4c5ccccc5c5cc(-c6ccc7c(c6)c6ccccc6n7-c6ccccc6)ccc54)nc4ccccc43)n2)cc1. The number of nitrogens with zero attached hydrogens (tertiary/aromatic N) is 7. The number of rotatable bonds is 6. The Hall–Kier alpha value is -8.16. The highest BCUT2D eigenvalue weighted by molar-refractivity contribution is 6.12. The quantitative estimate of drug-likeness (QED) is 0.169. The van der Waals surface area contributed by atoms with Gasteiger partial charge in [-0.15, -0.1) is 0 Å². The molecule has 4 aromatic heterocycles. The summed E-state index contributed by atoms with van der Waals surface area (Å²) in [5, 5.41) is 4.72. The van der Waals surface area contributed by atoms with E-state index in [0.29, 0.717) is 23.5 Å². The largest absolute Gasteiger partial charge is 0.309 e. The molecule has 12 rings (SSSR count). The van der Waals surface area contributed by atoms with Gasteiger partial charge in [-0.05, 0) is 71.8 Å². The van der Waals surface area contributed by atoms with E-state index in [4.69, 9.17) is 19.9 Å². The Labute approximate surface area is 338 Å². The minimum Gasteiger partial charge on any atom is -0.309 e. The van der Waals surface area contributed by atoms with Crippen LogP contribution in [0.4, 0.5) is 0 Å². The third kappa shape index (κ3) is 5.29. The van der Waals surface area contributed by atoms with Crippen LogP contribution in [0, 0.1) is 0 Å². The number of hydrogen-bond acceptors (Lipinski definition) is 4. The van der Waals surface area contributed by atoms with Gasteiger partial charge in [0.05, 0.1) is 33.1 Å². The van der Waals surface area contributed by atoms with Gasteiger partial charge >= 0.3 is 0 Å². The van der Waals surface area contributed by atoms with Crippen LogP contribution >= 0.6 is 0 Å². The van der Waals surface area contributed by atoms with Crippen molar-refractivity contribution in [3.63, 3.8) is 0 Å². The second-order valence-electron chi connectivity index (χ2n) is 14.8. The normalized spacial score (nSPS) is 11.7. The standard InChI is InChI=1S/C52H33N7/c1-4-16-34(17-5-1)49-54-50(35-18-6-2-7-19-35)56-51(55-49)59-48-27-15-12-24-43(48)53-52(59)58-45-26-14-11-23-40(45)42-33-37(29-31-47(42)58)36-28-30-46-41(32-36)39-22-10-13-25-44(39)57(46)38-20-8-3-9-21-38/h1-33H. The van der Waals surface area contributed by atoms with Crippen LogP contribution in [0.25, 0.3) is 106 Å². The maximum Gasteiger partial charge on any atom is 0.241 e. The van der Waals surface area contributed by atoms with Crippen molar-refractivity contribution in [1.82, 2.24) is 33.6 Å². The summed E-state index contributed by atoms with van der Waals surface area (Å²) in [7, 11) is 0. The fourth-order valence-corrected chi connectivity index (χ4v) is 8.63. The number of aromatic nitrogens is 7. The number of fused-ring (bicyclic) bond motifs is 7. The fraction of sp³-hybridized carbons (Fsp3) is 0. The van der Waals surface area contributed by atoms with Gasteiger partial charge in [0, 0.05) is 38.4 Å². The van der Waals surface area contributed by atoms with Crippen LogP contribution in [0.2, 0.25) is 0 Å². The van der Waals surface area contributed by atoms with Crippen LogP contribution in [0.3, 0.4) is 0 Å². The molecular formula is C52H33N7. The second-order valence-corrected chi connectivity index (χ2v) is 14.8. The first-order chi connectivity index (χ1) is 29.3. The minimum atomic E-state index is 0.493. The molecule has 0 amide bonds. The molecule has 276 valence electrons. The predicted octanol–water partition coefficient (Wildman–Crippen LogP) is 12.4. The summed E-state index contributed by atoms with van der Waals surface area (Å²) in [6.07, 6.45) is 0. The van der Waals surface area contributed by atoms with Gasteiger partial charge < -0.3 is 4.57 Å². The highest BCUT2D eigenvalue weighted by Gasteiger charge is 2.23. The maximum absolute atomic E-state index is 5.33.